The number of carbonyl (C=O) groups excluding carboxylic acids is 1. The van der Waals surface area contributed by atoms with Crippen molar-refractivity contribution in [2.24, 2.45) is 0 Å². The highest BCUT2D eigenvalue weighted by atomic mass is 16.5. The monoisotopic (exact) mass is 245 g/mol. The van der Waals surface area contributed by atoms with E-state index in [1.807, 2.05) is 12.1 Å². The Kier molecular flexibility index (Phi) is 3.32. The molecular formula is C13H15N3O2. The number of amides is 1. The topological polar surface area (TPSA) is 77.2 Å². The third kappa shape index (κ3) is 2.20. The number of aromatic nitrogens is 1. The first-order chi connectivity index (χ1) is 8.63. The third-order valence-electron chi connectivity index (χ3n) is 2.69. The van der Waals surface area contributed by atoms with Crippen LogP contribution in [0.15, 0.2) is 30.5 Å². The molecule has 3 N–H and O–H groups in total. The van der Waals surface area contributed by atoms with Crippen molar-refractivity contribution >= 4 is 22.5 Å². The summed E-state index contributed by atoms with van der Waals surface area (Å²) in [4.78, 5) is 15.7. The molecule has 0 aliphatic heterocycles. The van der Waals surface area contributed by atoms with Crippen LogP contribution in [0.4, 0.5) is 5.69 Å². The fourth-order valence-electron chi connectivity index (χ4n) is 1.71. The number of pyridine rings is 1. The number of anilines is 1. The number of fused-ring (bicyclic) bond motifs is 1. The van der Waals surface area contributed by atoms with Gasteiger partial charge < -0.3 is 15.8 Å². The molecule has 0 radical (unpaired) electrons. The molecule has 2 aromatic rings. The molecule has 0 saturated heterocycles. The Morgan fingerprint density at radius 3 is 2.94 bits per heavy atom. The minimum absolute atomic E-state index is 0.184. The Balaban J connectivity index is 2.40. The maximum absolute atomic E-state index is 11.4. The van der Waals surface area contributed by atoms with Gasteiger partial charge in [-0.1, -0.05) is 0 Å². The molecule has 5 heteroatoms. The second-order valence-corrected chi connectivity index (χ2v) is 3.93. The quantitative estimate of drug-likeness (QED) is 0.800. The number of benzene rings is 1. The summed E-state index contributed by atoms with van der Waals surface area (Å²) in [6, 6.07) is 7.15. The van der Waals surface area contributed by atoms with Crippen molar-refractivity contribution in [3.8, 4) is 5.75 Å². The molecule has 1 unspecified atom stereocenters. The van der Waals surface area contributed by atoms with Crippen LogP contribution in [0.1, 0.15) is 6.92 Å². The summed E-state index contributed by atoms with van der Waals surface area (Å²) >= 11 is 0. The summed E-state index contributed by atoms with van der Waals surface area (Å²) in [7, 11) is 1.57. The van der Waals surface area contributed by atoms with Crippen LogP contribution in [0.5, 0.6) is 5.75 Å². The van der Waals surface area contributed by atoms with Gasteiger partial charge in [0.1, 0.15) is 11.3 Å². The Morgan fingerprint density at radius 2 is 2.22 bits per heavy atom. The molecule has 0 spiro atoms. The van der Waals surface area contributed by atoms with Crippen molar-refractivity contribution in [2.45, 2.75) is 13.0 Å². The minimum atomic E-state index is -0.580. The summed E-state index contributed by atoms with van der Waals surface area (Å²) < 4.78 is 5.61. The maximum Gasteiger partial charge on any atom is 0.260 e. The summed E-state index contributed by atoms with van der Waals surface area (Å²) in [5.74, 6) is 0.367. The van der Waals surface area contributed by atoms with Crippen LogP contribution in [-0.2, 0) is 4.79 Å². The predicted molar refractivity (Wildman–Crippen MR) is 70.3 cm³/mol. The Bertz CT molecular complexity index is 583. The van der Waals surface area contributed by atoms with Gasteiger partial charge in [-0.3, -0.25) is 9.78 Å². The van der Waals surface area contributed by atoms with Crippen LogP contribution in [-0.4, -0.2) is 24.0 Å². The Hall–Kier alpha value is -2.30. The van der Waals surface area contributed by atoms with Gasteiger partial charge in [0.25, 0.3) is 5.91 Å². The van der Waals surface area contributed by atoms with E-state index in [1.165, 1.54) is 0 Å². The SMILES string of the molecule is CNC(=O)C(C)Oc1ccc(N)c2cccnc12. The van der Waals surface area contributed by atoms with Crippen LogP contribution < -0.4 is 15.8 Å². The molecule has 2 rings (SSSR count). The summed E-state index contributed by atoms with van der Waals surface area (Å²) in [5, 5.41) is 3.35. The number of hydrogen-bond acceptors (Lipinski definition) is 4. The lowest BCUT2D eigenvalue weighted by Crippen LogP contribution is -2.33. The van der Waals surface area contributed by atoms with Crippen LogP contribution in [0, 0.1) is 0 Å². The van der Waals surface area contributed by atoms with E-state index in [9.17, 15) is 4.79 Å². The highest BCUT2D eigenvalue weighted by Gasteiger charge is 2.15. The fourth-order valence-corrected chi connectivity index (χ4v) is 1.71. The van der Waals surface area contributed by atoms with Gasteiger partial charge in [-0.05, 0) is 31.2 Å². The fraction of sp³-hybridized carbons (Fsp3) is 0.231. The van der Waals surface area contributed by atoms with Gasteiger partial charge in [-0.25, -0.2) is 0 Å². The van der Waals surface area contributed by atoms with E-state index in [1.54, 1.807) is 32.3 Å². The number of nitrogens with one attached hydrogen (secondary N) is 1. The summed E-state index contributed by atoms with van der Waals surface area (Å²) in [6.07, 6.45) is 1.09. The van der Waals surface area contributed by atoms with Gasteiger partial charge >= 0.3 is 0 Å². The Morgan fingerprint density at radius 1 is 1.44 bits per heavy atom. The predicted octanol–water partition coefficient (Wildman–Crippen LogP) is 1.33. The highest BCUT2D eigenvalue weighted by molar-refractivity contribution is 5.94. The number of likely N-dealkylation sites (N-methyl/N-ethyl adjacent to an activating group) is 1. The molecule has 0 fully saturated rings. The standard InChI is InChI=1S/C13H15N3O2/c1-8(13(17)15-2)18-11-6-5-10(14)9-4-3-7-16-12(9)11/h3-8H,14H2,1-2H3,(H,15,17). The van der Waals surface area contributed by atoms with Gasteiger partial charge in [-0.15, -0.1) is 0 Å². The number of nitrogens with two attached hydrogens (primary N) is 1. The zero-order chi connectivity index (χ0) is 13.1. The molecule has 1 aromatic heterocycles. The van der Waals surface area contributed by atoms with Gasteiger partial charge in [-0.2, -0.15) is 0 Å². The lowest BCUT2D eigenvalue weighted by atomic mass is 10.1. The first-order valence-electron chi connectivity index (χ1n) is 5.65. The largest absolute Gasteiger partial charge is 0.479 e. The van der Waals surface area contributed by atoms with Crippen LogP contribution >= 0.6 is 0 Å². The van der Waals surface area contributed by atoms with E-state index in [0.717, 1.165) is 5.39 Å². The number of hydrogen-bond donors (Lipinski definition) is 2. The van der Waals surface area contributed by atoms with Gasteiger partial charge in [0.15, 0.2) is 6.10 Å². The number of rotatable bonds is 3. The van der Waals surface area contributed by atoms with Gasteiger partial charge in [0.2, 0.25) is 0 Å². The number of nitrogens with zero attached hydrogens (tertiary/aromatic N) is 1. The molecule has 0 aliphatic carbocycles. The summed E-state index contributed by atoms with van der Waals surface area (Å²) in [6.45, 7) is 1.68. The maximum atomic E-state index is 11.4. The van der Waals surface area contributed by atoms with Crippen LogP contribution in [0.2, 0.25) is 0 Å². The van der Waals surface area contributed by atoms with Gasteiger partial charge in [0, 0.05) is 24.3 Å². The molecule has 1 heterocycles. The van der Waals surface area contributed by atoms with Crippen molar-refractivity contribution in [3.63, 3.8) is 0 Å². The average Bonchev–Trinajstić information content (AvgIpc) is 2.41. The van der Waals surface area contributed by atoms with Crippen molar-refractivity contribution in [2.75, 3.05) is 12.8 Å². The summed E-state index contributed by atoms with van der Waals surface area (Å²) in [5.41, 5.74) is 7.16. The second-order valence-electron chi connectivity index (χ2n) is 3.93. The van der Waals surface area contributed by atoms with E-state index < -0.39 is 6.10 Å². The average molecular weight is 245 g/mol. The second kappa shape index (κ2) is 4.91. The molecule has 94 valence electrons. The molecule has 5 nitrogen and oxygen atoms in total. The van der Waals surface area contributed by atoms with E-state index >= 15 is 0 Å². The molecule has 1 atom stereocenters. The number of ether oxygens (including phenoxy) is 1. The van der Waals surface area contributed by atoms with E-state index in [-0.39, 0.29) is 5.91 Å². The zero-order valence-corrected chi connectivity index (χ0v) is 10.3. The number of carbonyl (C=O) groups is 1. The molecule has 0 saturated carbocycles. The van der Waals surface area contributed by atoms with E-state index in [2.05, 4.69) is 10.3 Å². The lowest BCUT2D eigenvalue weighted by molar-refractivity contribution is -0.126. The van der Waals surface area contributed by atoms with Gasteiger partial charge in [0.05, 0.1) is 0 Å². The highest BCUT2D eigenvalue weighted by Crippen LogP contribution is 2.28. The molecule has 0 bridgehead atoms. The molecule has 0 aliphatic rings. The number of nitrogen functional groups attached to an aromatic ring is 1. The van der Waals surface area contributed by atoms with Crippen molar-refractivity contribution in [3.05, 3.63) is 30.5 Å². The smallest absolute Gasteiger partial charge is 0.260 e. The first-order valence-corrected chi connectivity index (χ1v) is 5.65. The molecule has 18 heavy (non-hydrogen) atoms. The lowest BCUT2D eigenvalue weighted by Gasteiger charge is -2.15. The molecular weight excluding hydrogens is 230 g/mol. The van der Waals surface area contributed by atoms with Crippen molar-refractivity contribution < 1.29 is 9.53 Å². The van der Waals surface area contributed by atoms with E-state index in [0.29, 0.717) is 17.0 Å². The molecule has 1 amide bonds. The minimum Gasteiger partial charge on any atom is -0.479 e. The van der Waals surface area contributed by atoms with Crippen molar-refractivity contribution in [1.82, 2.24) is 10.3 Å². The third-order valence-corrected chi connectivity index (χ3v) is 2.69. The first kappa shape index (κ1) is 12.2. The Labute approximate surface area is 105 Å². The normalized spacial score (nSPS) is 12.1. The zero-order valence-electron chi connectivity index (χ0n) is 10.3. The molecule has 1 aromatic carbocycles. The van der Waals surface area contributed by atoms with Crippen LogP contribution in [0.3, 0.4) is 0 Å². The van der Waals surface area contributed by atoms with E-state index in [4.69, 9.17) is 10.5 Å². The van der Waals surface area contributed by atoms with Crippen molar-refractivity contribution in [1.29, 1.82) is 0 Å². The van der Waals surface area contributed by atoms with Crippen LogP contribution in [0.25, 0.3) is 10.9 Å².